The highest BCUT2D eigenvalue weighted by molar-refractivity contribution is 5.76. The second-order valence-corrected chi connectivity index (χ2v) is 4.47. The Morgan fingerprint density at radius 3 is 2.38 bits per heavy atom. The summed E-state index contributed by atoms with van der Waals surface area (Å²) >= 11 is 0. The van der Waals surface area contributed by atoms with Gasteiger partial charge in [0.25, 0.3) is 0 Å². The number of rotatable bonds is 5. The van der Waals surface area contributed by atoms with Crippen LogP contribution in [0.1, 0.15) is 13.8 Å². The molecule has 0 fully saturated rings. The van der Waals surface area contributed by atoms with Gasteiger partial charge in [0, 0.05) is 18.7 Å². The highest BCUT2D eigenvalue weighted by Gasteiger charge is 2.17. The Balaban J connectivity index is 2.52. The molecule has 0 saturated heterocycles. The maximum Gasteiger partial charge on any atom is 0.167 e. The van der Waals surface area contributed by atoms with E-state index in [2.05, 4.69) is 0 Å². The molecule has 0 bridgehead atoms. The summed E-state index contributed by atoms with van der Waals surface area (Å²) in [7, 11) is 0. The van der Waals surface area contributed by atoms with Crippen LogP contribution in [0.3, 0.4) is 0 Å². The number of hydrogen-bond donors (Lipinski definition) is 1. The zero-order chi connectivity index (χ0) is 15.4. The molecule has 0 amide bonds. The predicted octanol–water partition coefficient (Wildman–Crippen LogP) is 4.10. The van der Waals surface area contributed by atoms with E-state index in [1.165, 1.54) is 18.2 Å². The molecule has 0 unspecified atom stereocenters. The first kappa shape index (κ1) is 15.1. The molecule has 21 heavy (non-hydrogen) atoms. The molecule has 112 valence electrons. The van der Waals surface area contributed by atoms with Crippen molar-refractivity contribution in [3.05, 3.63) is 48.0 Å². The molecule has 2 N–H and O–H groups in total. The quantitative estimate of drug-likeness (QED) is 0.843. The number of nitrogens with two attached hydrogens (primary N) is 1. The van der Waals surface area contributed by atoms with Crippen LogP contribution in [0, 0.1) is 11.6 Å². The van der Waals surface area contributed by atoms with Gasteiger partial charge < -0.3 is 15.4 Å². The Bertz CT molecular complexity index is 632. The number of para-hydroxylation sites is 1. The van der Waals surface area contributed by atoms with Gasteiger partial charge in [-0.05, 0) is 26.0 Å². The fourth-order valence-corrected chi connectivity index (χ4v) is 2.20. The van der Waals surface area contributed by atoms with Crippen LogP contribution in [0.5, 0.6) is 5.75 Å². The molecule has 0 aliphatic heterocycles. The summed E-state index contributed by atoms with van der Waals surface area (Å²) in [6, 6.07) is 9.09. The van der Waals surface area contributed by atoms with E-state index in [-0.39, 0.29) is 17.3 Å². The van der Waals surface area contributed by atoms with Crippen molar-refractivity contribution in [1.29, 1.82) is 0 Å². The SMILES string of the molecule is CCOc1cc(N(CC)c2ccccc2F)c(N)cc1F. The van der Waals surface area contributed by atoms with E-state index in [9.17, 15) is 8.78 Å². The third-order valence-corrected chi connectivity index (χ3v) is 3.13. The molecule has 0 radical (unpaired) electrons. The molecule has 0 aliphatic rings. The first-order valence-corrected chi connectivity index (χ1v) is 6.82. The summed E-state index contributed by atoms with van der Waals surface area (Å²) in [6.07, 6.45) is 0. The van der Waals surface area contributed by atoms with Crippen LogP contribution < -0.4 is 15.4 Å². The number of halogens is 2. The number of hydrogen-bond acceptors (Lipinski definition) is 3. The van der Waals surface area contributed by atoms with Crippen molar-refractivity contribution in [2.75, 3.05) is 23.8 Å². The molecule has 2 rings (SSSR count). The fraction of sp³-hybridized carbons (Fsp3) is 0.250. The molecule has 2 aromatic carbocycles. The molecule has 5 heteroatoms. The standard InChI is InChI=1S/C16H18F2N2O/c1-3-20(14-8-6-5-7-11(14)17)15-10-16(21-4-2)12(18)9-13(15)19/h5-10H,3-4,19H2,1-2H3. The van der Waals surface area contributed by atoms with Crippen molar-refractivity contribution in [2.24, 2.45) is 0 Å². The first-order chi connectivity index (χ1) is 10.1. The van der Waals surface area contributed by atoms with Gasteiger partial charge in [-0.1, -0.05) is 12.1 Å². The highest BCUT2D eigenvalue weighted by atomic mass is 19.1. The van der Waals surface area contributed by atoms with E-state index in [1.807, 2.05) is 6.92 Å². The van der Waals surface area contributed by atoms with Gasteiger partial charge in [-0.2, -0.15) is 0 Å². The van der Waals surface area contributed by atoms with Gasteiger partial charge in [-0.15, -0.1) is 0 Å². The van der Waals surface area contributed by atoms with Gasteiger partial charge >= 0.3 is 0 Å². The van der Waals surface area contributed by atoms with Crippen LogP contribution >= 0.6 is 0 Å². The highest BCUT2D eigenvalue weighted by Crippen LogP contribution is 2.36. The maximum absolute atomic E-state index is 14.0. The van der Waals surface area contributed by atoms with Crippen LogP contribution in [-0.4, -0.2) is 13.2 Å². The molecular formula is C16H18F2N2O. The minimum absolute atomic E-state index is 0.108. The van der Waals surface area contributed by atoms with Crippen molar-refractivity contribution in [1.82, 2.24) is 0 Å². The lowest BCUT2D eigenvalue weighted by Gasteiger charge is -2.25. The van der Waals surface area contributed by atoms with Crippen LogP contribution in [0.4, 0.5) is 25.8 Å². The third kappa shape index (κ3) is 3.07. The Morgan fingerprint density at radius 2 is 1.76 bits per heavy atom. The topological polar surface area (TPSA) is 38.5 Å². The van der Waals surface area contributed by atoms with Gasteiger partial charge in [0.15, 0.2) is 11.6 Å². The number of ether oxygens (including phenoxy) is 1. The second-order valence-electron chi connectivity index (χ2n) is 4.47. The van der Waals surface area contributed by atoms with E-state index in [0.29, 0.717) is 24.5 Å². The largest absolute Gasteiger partial charge is 0.491 e. The molecule has 0 heterocycles. The number of anilines is 3. The Morgan fingerprint density at radius 1 is 1.05 bits per heavy atom. The molecule has 0 atom stereocenters. The van der Waals surface area contributed by atoms with Crippen molar-refractivity contribution < 1.29 is 13.5 Å². The molecular weight excluding hydrogens is 274 g/mol. The maximum atomic E-state index is 14.0. The summed E-state index contributed by atoms with van der Waals surface area (Å²) < 4.78 is 33.0. The molecule has 0 spiro atoms. The summed E-state index contributed by atoms with van der Waals surface area (Å²) in [5.41, 5.74) is 7.04. The Hall–Kier alpha value is -2.30. The van der Waals surface area contributed by atoms with E-state index < -0.39 is 5.82 Å². The van der Waals surface area contributed by atoms with Crippen LogP contribution in [0.2, 0.25) is 0 Å². The molecule has 3 nitrogen and oxygen atoms in total. The third-order valence-electron chi connectivity index (χ3n) is 3.13. The van der Waals surface area contributed by atoms with Crippen molar-refractivity contribution in [2.45, 2.75) is 13.8 Å². The zero-order valence-electron chi connectivity index (χ0n) is 12.1. The minimum Gasteiger partial charge on any atom is -0.491 e. The van der Waals surface area contributed by atoms with Crippen molar-refractivity contribution in [3.8, 4) is 5.75 Å². The average molecular weight is 292 g/mol. The van der Waals surface area contributed by atoms with Crippen LogP contribution in [0.15, 0.2) is 36.4 Å². The lowest BCUT2D eigenvalue weighted by atomic mass is 10.2. The van der Waals surface area contributed by atoms with Crippen LogP contribution in [0.25, 0.3) is 0 Å². The van der Waals surface area contributed by atoms with Gasteiger partial charge in [0.05, 0.1) is 23.7 Å². The smallest absolute Gasteiger partial charge is 0.167 e. The Kier molecular flexibility index (Phi) is 4.62. The zero-order valence-corrected chi connectivity index (χ0v) is 12.1. The second kappa shape index (κ2) is 6.43. The van der Waals surface area contributed by atoms with E-state index in [0.717, 1.165) is 0 Å². The summed E-state index contributed by atoms with van der Waals surface area (Å²) in [6.45, 7) is 4.47. The first-order valence-electron chi connectivity index (χ1n) is 6.82. The van der Waals surface area contributed by atoms with E-state index >= 15 is 0 Å². The Labute approximate surface area is 122 Å². The number of nitrogens with zero attached hydrogens (tertiary/aromatic N) is 1. The molecule has 0 aliphatic carbocycles. The normalized spacial score (nSPS) is 10.5. The van der Waals surface area contributed by atoms with Gasteiger partial charge in [0.2, 0.25) is 0 Å². The predicted molar refractivity (Wildman–Crippen MR) is 81.1 cm³/mol. The van der Waals surface area contributed by atoms with Crippen molar-refractivity contribution >= 4 is 17.1 Å². The molecule has 0 aromatic heterocycles. The summed E-state index contributed by atoms with van der Waals surface area (Å²) in [5, 5.41) is 0. The average Bonchev–Trinajstić information content (AvgIpc) is 2.46. The fourth-order valence-electron chi connectivity index (χ4n) is 2.20. The summed E-state index contributed by atoms with van der Waals surface area (Å²) in [5.74, 6) is -0.778. The minimum atomic E-state index is -0.525. The lowest BCUT2D eigenvalue weighted by Crippen LogP contribution is -2.19. The van der Waals surface area contributed by atoms with Gasteiger partial charge in [-0.3, -0.25) is 0 Å². The monoisotopic (exact) mass is 292 g/mol. The molecule has 2 aromatic rings. The van der Waals surface area contributed by atoms with E-state index in [1.54, 1.807) is 30.0 Å². The van der Waals surface area contributed by atoms with Gasteiger partial charge in [0.1, 0.15) is 5.82 Å². The van der Waals surface area contributed by atoms with Crippen LogP contribution in [-0.2, 0) is 0 Å². The van der Waals surface area contributed by atoms with Crippen molar-refractivity contribution in [3.63, 3.8) is 0 Å². The number of benzene rings is 2. The number of nitrogen functional groups attached to an aromatic ring is 1. The lowest BCUT2D eigenvalue weighted by molar-refractivity contribution is 0.322. The van der Waals surface area contributed by atoms with Gasteiger partial charge in [-0.25, -0.2) is 8.78 Å². The molecule has 0 saturated carbocycles. The van der Waals surface area contributed by atoms with E-state index in [4.69, 9.17) is 10.5 Å². The summed E-state index contributed by atoms with van der Waals surface area (Å²) in [4.78, 5) is 1.69.